The lowest BCUT2D eigenvalue weighted by Crippen LogP contribution is -2.32. The maximum Gasteiger partial charge on any atom is 0.253 e. The monoisotopic (exact) mass is 356 g/mol. The third-order valence-electron chi connectivity index (χ3n) is 3.91. The van der Waals surface area contributed by atoms with Crippen molar-refractivity contribution in [3.8, 4) is 11.5 Å². The number of benzene rings is 1. The Morgan fingerprint density at radius 2 is 1.65 bits per heavy atom. The number of carbonyl (C=O) groups is 1. The molecule has 1 aromatic heterocycles. The molecule has 0 saturated carbocycles. The lowest BCUT2D eigenvalue weighted by atomic mass is 10.1. The lowest BCUT2D eigenvalue weighted by Gasteiger charge is -2.22. The van der Waals surface area contributed by atoms with E-state index in [2.05, 4.69) is 18.8 Å². The van der Waals surface area contributed by atoms with Gasteiger partial charge in [0.2, 0.25) is 0 Å². The maximum absolute atomic E-state index is 12.8. The van der Waals surface area contributed by atoms with Gasteiger partial charge >= 0.3 is 0 Å². The standard InChI is InChI=1S/C21H28N2O3/c1-4-13-23(14-5-2)21(24)18-7-8-19(20(15-18)25-6-3)26-16-17-9-11-22-12-10-17/h7-12,15H,4-6,13-14,16H2,1-3H3. The third kappa shape index (κ3) is 5.48. The molecule has 0 unspecified atom stereocenters. The number of pyridine rings is 1. The molecule has 0 atom stereocenters. The molecular formula is C21H28N2O3. The van der Waals surface area contributed by atoms with E-state index in [0.29, 0.717) is 30.3 Å². The summed E-state index contributed by atoms with van der Waals surface area (Å²) in [6.07, 6.45) is 5.36. The van der Waals surface area contributed by atoms with Crippen molar-refractivity contribution in [1.29, 1.82) is 0 Å². The number of nitrogens with zero attached hydrogens (tertiary/aromatic N) is 2. The van der Waals surface area contributed by atoms with Gasteiger partial charge < -0.3 is 14.4 Å². The predicted molar refractivity (Wildman–Crippen MR) is 103 cm³/mol. The van der Waals surface area contributed by atoms with Crippen LogP contribution in [0.5, 0.6) is 11.5 Å². The highest BCUT2D eigenvalue weighted by Crippen LogP contribution is 2.30. The molecule has 140 valence electrons. The van der Waals surface area contributed by atoms with Crippen molar-refractivity contribution in [2.45, 2.75) is 40.2 Å². The average molecular weight is 356 g/mol. The molecule has 0 aliphatic rings. The van der Waals surface area contributed by atoms with Crippen molar-refractivity contribution in [1.82, 2.24) is 9.88 Å². The van der Waals surface area contributed by atoms with E-state index in [1.807, 2.05) is 36.1 Å². The third-order valence-corrected chi connectivity index (χ3v) is 3.91. The summed E-state index contributed by atoms with van der Waals surface area (Å²) in [5.74, 6) is 1.27. The van der Waals surface area contributed by atoms with Gasteiger partial charge in [0.1, 0.15) is 6.61 Å². The second kappa shape index (κ2) is 10.4. The van der Waals surface area contributed by atoms with Crippen LogP contribution in [-0.4, -0.2) is 35.5 Å². The molecule has 2 rings (SSSR count). The number of hydrogen-bond acceptors (Lipinski definition) is 4. The van der Waals surface area contributed by atoms with Crippen LogP contribution in [0.4, 0.5) is 0 Å². The van der Waals surface area contributed by atoms with Gasteiger partial charge in [-0.1, -0.05) is 13.8 Å². The summed E-state index contributed by atoms with van der Waals surface area (Å²) < 4.78 is 11.6. The molecule has 0 saturated heterocycles. The van der Waals surface area contributed by atoms with Crippen molar-refractivity contribution in [2.75, 3.05) is 19.7 Å². The molecule has 1 heterocycles. The fraction of sp³-hybridized carbons (Fsp3) is 0.429. The Kier molecular flexibility index (Phi) is 7.93. The fourth-order valence-corrected chi connectivity index (χ4v) is 2.71. The zero-order valence-corrected chi connectivity index (χ0v) is 15.9. The maximum atomic E-state index is 12.8. The highest BCUT2D eigenvalue weighted by molar-refractivity contribution is 5.95. The highest BCUT2D eigenvalue weighted by atomic mass is 16.5. The van der Waals surface area contributed by atoms with Gasteiger partial charge in [-0.05, 0) is 55.7 Å². The first-order valence-corrected chi connectivity index (χ1v) is 9.27. The molecule has 0 spiro atoms. The minimum absolute atomic E-state index is 0.0373. The summed E-state index contributed by atoms with van der Waals surface area (Å²) in [6, 6.07) is 9.23. The van der Waals surface area contributed by atoms with Gasteiger partial charge in [-0.2, -0.15) is 0 Å². The number of amides is 1. The van der Waals surface area contributed by atoms with E-state index >= 15 is 0 Å². The zero-order valence-electron chi connectivity index (χ0n) is 15.9. The van der Waals surface area contributed by atoms with Gasteiger partial charge in [0.05, 0.1) is 6.61 Å². The quantitative estimate of drug-likeness (QED) is 0.636. The summed E-state index contributed by atoms with van der Waals surface area (Å²) in [7, 11) is 0. The molecule has 1 amide bonds. The zero-order chi connectivity index (χ0) is 18.8. The molecule has 0 radical (unpaired) electrons. The van der Waals surface area contributed by atoms with E-state index in [9.17, 15) is 4.79 Å². The van der Waals surface area contributed by atoms with Gasteiger partial charge in [-0.25, -0.2) is 0 Å². The molecule has 0 fully saturated rings. The summed E-state index contributed by atoms with van der Waals surface area (Å²) in [5, 5.41) is 0. The molecule has 1 aromatic carbocycles. The Labute approximate surface area is 156 Å². The van der Waals surface area contributed by atoms with Gasteiger partial charge in [0, 0.05) is 31.0 Å². The first-order chi connectivity index (χ1) is 12.7. The molecule has 26 heavy (non-hydrogen) atoms. The van der Waals surface area contributed by atoms with Crippen LogP contribution in [-0.2, 0) is 6.61 Å². The minimum Gasteiger partial charge on any atom is -0.490 e. The molecule has 5 heteroatoms. The molecule has 0 aliphatic carbocycles. The Morgan fingerprint density at radius 1 is 0.962 bits per heavy atom. The number of aromatic nitrogens is 1. The lowest BCUT2D eigenvalue weighted by molar-refractivity contribution is 0.0755. The summed E-state index contributed by atoms with van der Waals surface area (Å²) in [6.45, 7) is 8.54. The fourth-order valence-electron chi connectivity index (χ4n) is 2.71. The molecular weight excluding hydrogens is 328 g/mol. The second-order valence-corrected chi connectivity index (χ2v) is 6.03. The van der Waals surface area contributed by atoms with Crippen LogP contribution in [0.15, 0.2) is 42.7 Å². The summed E-state index contributed by atoms with van der Waals surface area (Å²) >= 11 is 0. The Morgan fingerprint density at radius 3 is 2.27 bits per heavy atom. The van der Waals surface area contributed by atoms with Gasteiger partial charge in [-0.15, -0.1) is 0 Å². The smallest absolute Gasteiger partial charge is 0.253 e. The second-order valence-electron chi connectivity index (χ2n) is 6.03. The van der Waals surface area contributed by atoms with Crippen molar-refractivity contribution in [2.24, 2.45) is 0 Å². The van der Waals surface area contributed by atoms with Crippen molar-refractivity contribution in [3.05, 3.63) is 53.9 Å². The number of hydrogen-bond donors (Lipinski definition) is 0. The normalized spacial score (nSPS) is 10.4. The average Bonchev–Trinajstić information content (AvgIpc) is 2.67. The Bertz CT molecular complexity index is 683. The number of rotatable bonds is 10. The SMILES string of the molecule is CCCN(CCC)C(=O)c1ccc(OCc2ccncc2)c(OCC)c1. The van der Waals surface area contributed by atoms with Crippen molar-refractivity contribution in [3.63, 3.8) is 0 Å². The minimum atomic E-state index is 0.0373. The number of carbonyl (C=O) groups excluding carboxylic acids is 1. The van der Waals surface area contributed by atoms with Crippen LogP contribution in [0.25, 0.3) is 0 Å². The van der Waals surface area contributed by atoms with Crippen molar-refractivity contribution < 1.29 is 14.3 Å². The molecule has 0 bridgehead atoms. The molecule has 0 aliphatic heterocycles. The first-order valence-electron chi connectivity index (χ1n) is 9.27. The van der Waals surface area contributed by atoms with Gasteiger partial charge in [0.15, 0.2) is 11.5 Å². The Balaban J connectivity index is 2.17. The highest BCUT2D eigenvalue weighted by Gasteiger charge is 2.17. The largest absolute Gasteiger partial charge is 0.490 e. The number of ether oxygens (including phenoxy) is 2. The van der Waals surface area contributed by atoms with E-state index in [0.717, 1.165) is 31.5 Å². The van der Waals surface area contributed by atoms with Crippen LogP contribution < -0.4 is 9.47 Å². The molecule has 5 nitrogen and oxygen atoms in total. The van der Waals surface area contributed by atoms with Crippen LogP contribution in [0.2, 0.25) is 0 Å². The van der Waals surface area contributed by atoms with Crippen LogP contribution in [0.3, 0.4) is 0 Å². The van der Waals surface area contributed by atoms with E-state index in [4.69, 9.17) is 9.47 Å². The first kappa shape index (κ1) is 19.8. The van der Waals surface area contributed by atoms with E-state index in [1.165, 1.54) is 0 Å². The van der Waals surface area contributed by atoms with Crippen molar-refractivity contribution >= 4 is 5.91 Å². The van der Waals surface area contributed by atoms with Crippen LogP contribution >= 0.6 is 0 Å². The van der Waals surface area contributed by atoms with E-state index in [1.54, 1.807) is 18.5 Å². The van der Waals surface area contributed by atoms with Crippen LogP contribution in [0.1, 0.15) is 49.5 Å². The summed E-state index contributed by atoms with van der Waals surface area (Å²) in [5.41, 5.74) is 1.66. The van der Waals surface area contributed by atoms with Crippen LogP contribution in [0, 0.1) is 0 Å². The van der Waals surface area contributed by atoms with Gasteiger partial charge in [0.25, 0.3) is 5.91 Å². The molecule has 2 aromatic rings. The topological polar surface area (TPSA) is 51.7 Å². The molecule has 0 N–H and O–H groups in total. The summed E-state index contributed by atoms with van der Waals surface area (Å²) in [4.78, 5) is 18.7. The Hall–Kier alpha value is -2.56. The van der Waals surface area contributed by atoms with E-state index in [-0.39, 0.29) is 5.91 Å². The van der Waals surface area contributed by atoms with E-state index < -0.39 is 0 Å². The predicted octanol–water partition coefficient (Wildman–Crippen LogP) is 4.32. The van der Waals surface area contributed by atoms with Gasteiger partial charge in [-0.3, -0.25) is 9.78 Å².